The number of carbonyl (C=O) groups excluding carboxylic acids is 4. The van der Waals surface area contributed by atoms with Crippen LogP contribution in [0.1, 0.15) is 64.4 Å². The summed E-state index contributed by atoms with van der Waals surface area (Å²) in [5.74, 6) is -8.72. The Morgan fingerprint density at radius 2 is 1.62 bits per heavy atom. The maximum absolute atomic E-state index is 14.5. The molecule has 2 amide bonds. The van der Waals surface area contributed by atoms with E-state index < -0.39 is 88.8 Å². The minimum Gasteiger partial charge on any atom is -0.507 e. The van der Waals surface area contributed by atoms with Gasteiger partial charge in [0.15, 0.2) is 18.1 Å². The van der Waals surface area contributed by atoms with Crippen LogP contribution in [0.2, 0.25) is 0 Å². The Balaban J connectivity index is 1.62. The Bertz CT molecular complexity index is 2320. The van der Waals surface area contributed by atoms with Gasteiger partial charge in [-0.2, -0.15) is 4.57 Å². The van der Waals surface area contributed by atoms with Crippen molar-refractivity contribution in [1.82, 2.24) is 5.32 Å². The summed E-state index contributed by atoms with van der Waals surface area (Å²) >= 11 is 0.973. The number of phenols is 3. The molecule has 0 fully saturated rings. The zero-order chi connectivity index (χ0) is 46.5. The SMILES string of the molecule is CO[C@@H]1/C=C/O[C@@]2(C)Oc3c(C)c(O)c4c(O)c(c(SCCNC(=O)C[n+]5ccccc5)c(O)c4c3C2=O)NC(=O)/C(C)=C/C=C/[C@@H](C)[C@H](O)[C@H](C)[C@@H](O)[C@@H](C)[C@@H](OC(C)=O)[C@H]1C. The highest BCUT2D eigenvalue weighted by Gasteiger charge is 2.50. The highest BCUT2D eigenvalue weighted by atomic mass is 32.2. The maximum atomic E-state index is 14.5. The quantitative estimate of drug-likeness (QED) is 0.0396. The van der Waals surface area contributed by atoms with Crippen LogP contribution in [-0.2, 0) is 35.1 Å². The van der Waals surface area contributed by atoms with Crippen LogP contribution in [0.15, 0.2) is 71.6 Å². The van der Waals surface area contributed by atoms with Crippen LogP contribution in [0.25, 0.3) is 10.8 Å². The van der Waals surface area contributed by atoms with E-state index >= 15 is 0 Å². The van der Waals surface area contributed by atoms with Crippen molar-refractivity contribution in [2.45, 2.75) is 97.0 Å². The van der Waals surface area contributed by atoms with Crippen LogP contribution in [0, 0.1) is 30.6 Å². The molecular formula is C46H58N3O13S+. The summed E-state index contributed by atoms with van der Waals surface area (Å²) in [6.07, 6.45) is 6.91. The third-order valence-corrected chi connectivity index (χ3v) is 12.8. The maximum Gasteiger partial charge on any atom is 0.312 e. The molecule has 3 aliphatic heterocycles. The number of phenolic OH excluding ortho intramolecular Hbond substituents is 3. The van der Waals surface area contributed by atoms with Crippen molar-refractivity contribution in [3.05, 3.63) is 77.9 Å². The van der Waals surface area contributed by atoms with Crippen molar-refractivity contribution in [2.75, 3.05) is 24.7 Å². The lowest BCUT2D eigenvalue weighted by atomic mass is 9.78. The Morgan fingerprint density at radius 3 is 2.27 bits per heavy atom. The smallest absolute Gasteiger partial charge is 0.312 e. The molecule has 17 heteroatoms. The molecule has 5 bridgehead atoms. The average Bonchev–Trinajstić information content (AvgIpc) is 3.51. The molecule has 4 heterocycles. The number of ketones is 1. The highest BCUT2D eigenvalue weighted by Crippen LogP contribution is 2.57. The molecule has 0 radical (unpaired) electrons. The lowest BCUT2D eigenvalue weighted by molar-refractivity contribution is -0.684. The number of amides is 2. The number of hydrogen-bond acceptors (Lipinski definition) is 14. The van der Waals surface area contributed by atoms with Gasteiger partial charge in [-0.15, -0.1) is 11.8 Å². The number of benzene rings is 2. The predicted molar refractivity (Wildman–Crippen MR) is 234 cm³/mol. The summed E-state index contributed by atoms with van der Waals surface area (Å²) in [6, 6.07) is 5.41. The average molecular weight is 893 g/mol. The molecule has 0 aliphatic carbocycles. The van der Waals surface area contributed by atoms with E-state index in [0.29, 0.717) is 0 Å². The first-order valence-electron chi connectivity index (χ1n) is 20.6. The second-order valence-electron chi connectivity index (χ2n) is 16.3. The van der Waals surface area contributed by atoms with Crippen LogP contribution in [0.4, 0.5) is 5.69 Å². The van der Waals surface area contributed by atoms with Gasteiger partial charge in [-0.1, -0.05) is 52.0 Å². The van der Waals surface area contributed by atoms with Gasteiger partial charge < -0.3 is 55.1 Å². The number of rotatable bonds is 8. The van der Waals surface area contributed by atoms with E-state index in [1.165, 1.54) is 53.2 Å². The van der Waals surface area contributed by atoms with Crippen molar-refractivity contribution < 1.29 is 68.2 Å². The largest absolute Gasteiger partial charge is 0.507 e. The van der Waals surface area contributed by atoms with Gasteiger partial charge in [0.05, 0.1) is 40.4 Å². The van der Waals surface area contributed by atoms with Gasteiger partial charge in [-0.05, 0) is 19.9 Å². The third-order valence-electron chi connectivity index (χ3n) is 11.7. The fraction of sp³-hybridized carbons (Fsp3) is 0.457. The monoisotopic (exact) mass is 892 g/mol. The fourth-order valence-electron chi connectivity index (χ4n) is 7.94. The van der Waals surface area contributed by atoms with Crippen LogP contribution >= 0.6 is 11.8 Å². The van der Waals surface area contributed by atoms with Crippen molar-refractivity contribution in [3.63, 3.8) is 0 Å². The first-order chi connectivity index (χ1) is 29.7. The number of aliphatic hydroxyl groups is 2. The van der Waals surface area contributed by atoms with Gasteiger partial charge in [0.1, 0.15) is 29.0 Å². The summed E-state index contributed by atoms with van der Waals surface area (Å²) in [6.45, 7) is 12.6. The van der Waals surface area contributed by atoms with Crippen molar-refractivity contribution >= 4 is 51.8 Å². The van der Waals surface area contributed by atoms with Gasteiger partial charge in [-0.25, -0.2) is 0 Å². The Labute approximate surface area is 370 Å². The molecular weight excluding hydrogens is 835 g/mol. The Morgan fingerprint density at radius 1 is 0.937 bits per heavy atom. The summed E-state index contributed by atoms with van der Waals surface area (Å²) < 4.78 is 25.3. The van der Waals surface area contributed by atoms with Crippen LogP contribution in [0.3, 0.4) is 0 Å². The van der Waals surface area contributed by atoms with E-state index in [2.05, 4.69) is 10.6 Å². The van der Waals surface area contributed by atoms with Gasteiger partial charge in [-0.3, -0.25) is 19.2 Å². The number of carbonyl (C=O) groups is 4. The molecule has 63 heavy (non-hydrogen) atoms. The minimum atomic E-state index is -2.07. The third kappa shape index (κ3) is 10.3. The summed E-state index contributed by atoms with van der Waals surface area (Å²) in [5, 5.41) is 63.4. The highest BCUT2D eigenvalue weighted by molar-refractivity contribution is 7.99. The van der Waals surface area contributed by atoms with E-state index in [-0.39, 0.29) is 68.6 Å². The zero-order valence-electron chi connectivity index (χ0n) is 36.9. The van der Waals surface area contributed by atoms with Gasteiger partial charge in [0, 0.05) is 85.6 Å². The standard InChI is InChI=1S/C46H57N3O13S/c1-23-14-13-15-24(2)45(58)48-35-39(55)33-32(40(56)43(35)63-21-17-47-31(51)22-49-18-11-10-12-19-49)34-42(28(6)38(33)54)62-46(8,44(34)57)60-20-16-30(59-9)25(3)41(61-29(7)50)27(5)37(53)26(4)36(23)52/h10-16,18-20,23,25-27,30,36-37,41,52-53H,17,21-22H2,1-9H3,(H4-,47,48,51,54,55,56,57,58)/p+1/b14-13+,20-16+,24-15+/t23-,25+,26+,27-,30-,36+,37-,41+,46+/m1/s1. The summed E-state index contributed by atoms with van der Waals surface area (Å²) in [4.78, 5) is 53.2. The van der Waals surface area contributed by atoms with Crippen LogP contribution in [-0.4, -0.2) is 98.7 Å². The van der Waals surface area contributed by atoms with Gasteiger partial charge >= 0.3 is 11.8 Å². The molecule has 0 saturated carbocycles. The number of aliphatic hydroxyl groups excluding tert-OH is 2. The van der Waals surface area contributed by atoms with Crippen LogP contribution < -0.4 is 19.9 Å². The summed E-state index contributed by atoms with van der Waals surface area (Å²) in [7, 11) is 1.43. The molecule has 2 aromatic carbocycles. The number of pyridine rings is 1. The molecule has 340 valence electrons. The number of allylic oxidation sites excluding steroid dienone is 2. The number of Topliss-reactive ketones (excluding diaryl/α,β-unsaturated/α-hetero) is 1. The molecule has 6 rings (SSSR count). The first kappa shape index (κ1) is 48.4. The van der Waals surface area contributed by atoms with Crippen molar-refractivity contribution in [1.29, 1.82) is 0 Å². The number of anilines is 1. The van der Waals surface area contributed by atoms with Gasteiger partial charge in [0.2, 0.25) is 6.54 Å². The second kappa shape index (κ2) is 20.3. The second-order valence-corrected chi connectivity index (χ2v) is 17.4. The number of nitrogens with one attached hydrogen (secondary N) is 2. The lowest BCUT2D eigenvalue weighted by Gasteiger charge is -2.38. The normalized spacial score (nSPS) is 28.7. The minimum absolute atomic E-state index is 0.0333. The van der Waals surface area contributed by atoms with Crippen molar-refractivity contribution in [3.8, 4) is 23.0 Å². The number of fused-ring (bicyclic) bond motifs is 14. The number of methoxy groups -OCH3 is 1. The van der Waals surface area contributed by atoms with E-state index in [0.717, 1.165) is 11.8 Å². The number of thioether (sulfide) groups is 1. The molecule has 7 N–H and O–H groups in total. The van der Waals surface area contributed by atoms with E-state index in [1.807, 2.05) is 6.07 Å². The number of aromatic hydroxyl groups is 3. The lowest BCUT2D eigenvalue weighted by Crippen LogP contribution is -2.46. The number of esters is 1. The topological polar surface area (TPSA) is 234 Å². The molecule has 0 unspecified atom stereocenters. The Hall–Kier alpha value is -5.62. The molecule has 16 nitrogen and oxygen atoms in total. The molecule has 0 spiro atoms. The van der Waals surface area contributed by atoms with E-state index in [1.54, 1.807) is 68.9 Å². The molecule has 9 atom stereocenters. The number of aromatic nitrogens is 1. The molecule has 0 saturated heterocycles. The molecule has 3 aliphatic rings. The summed E-state index contributed by atoms with van der Waals surface area (Å²) in [5.41, 5.74) is -0.282. The number of ether oxygens (including phenoxy) is 4. The fourth-order valence-corrected chi connectivity index (χ4v) is 8.88. The number of nitrogens with zero attached hydrogens (tertiary/aromatic N) is 1. The predicted octanol–water partition coefficient (Wildman–Crippen LogP) is 4.95. The van der Waals surface area contributed by atoms with E-state index in [9.17, 15) is 44.7 Å². The molecule has 1 aromatic heterocycles. The van der Waals surface area contributed by atoms with Gasteiger partial charge in [0.25, 0.3) is 17.6 Å². The van der Waals surface area contributed by atoms with Crippen molar-refractivity contribution in [2.24, 2.45) is 23.7 Å². The number of hydrogen-bond donors (Lipinski definition) is 7. The van der Waals surface area contributed by atoms with E-state index in [4.69, 9.17) is 18.9 Å². The molecule has 3 aromatic rings. The Kier molecular flexibility index (Phi) is 15.6. The first-order valence-corrected chi connectivity index (χ1v) is 21.6. The van der Waals surface area contributed by atoms with Crippen LogP contribution in [0.5, 0.6) is 23.0 Å². The zero-order valence-corrected chi connectivity index (χ0v) is 37.7.